The third-order valence-corrected chi connectivity index (χ3v) is 6.18. The maximum Gasteiger partial charge on any atom is 0.411 e. The van der Waals surface area contributed by atoms with Gasteiger partial charge in [0.15, 0.2) is 6.29 Å². The SMILES string of the molecule is CC(CN(C(=O)OC(C)(C)C)C(Cc1ccccc1)C(=O)N(C)Cc1ccccc1)O[C@H]1CCCCO1. The summed E-state index contributed by atoms with van der Waals surface area (Å²) < 4.78 is 17.7. The van der Waals surface area contributed by atoms with Crippen molar-refractivity contribution in [2.24, 2.45) is 0 Å². The summed E-state index contributed by atoms with van der Waals surface area (Å²) >= 11 is 0. The molecule has 1 fully saturated rings. The van der Waals surface area contributed by atoms with Gasteiger partial charge in [0.25, 0.3) is 0 Å². The fourth-order valence-corrected chi connectivity index (χ4v) is 4.40. The van der Waals surface area contributed by atoms with Crippen molar-refractivity contribution in [3.8, 4) is 0 Å². The average molecular weight is 511 g/mol. The Labute approximate surface area is 221 Å². The lowest BCUT2D eigenvalue weighted by atomic mass is 10.0. The molecule has 7 nitrogen and oxygen atoms in total. The van der Waals surface area contributed by atoms with E-state index in [1.807, 2.05) is 88.4 Å². The zero-order chi connectivity index (χ0) is 26.8. The van der Waals surface area contributed by atoms with Crippen molar-refractivity contribution in [1.82, 2.24) is 9.80 Å². The molecule has 0 aromatic heterocycles. The lowest BCUT2D eigenvalue weighted by Gasteiger charge is -2.37. The summed E-state index contributed by atoms with van der Waals surface area (Å²) in [6.45, 7) is 8.71. The van der Waals surface area contributed by atoms with Crippen LogP contribution >= 0.6 is 0 Å². The molecular weight excluding hydrogens is 468 g/mol. The molecule has 0 saturated carbocycles. The average Bonchev–Trinajstić information content (AvgIpc) is 2.86. The molecule has 3 rings (SSSR count). The van der Waals surface area contributed by atoms with Crippen LogP contribution in [0.2, 0.25) is 0 Å². The summed E-state index contributed by atoms with van der Waals surface area (Å²) in [5.74, 6) is -0.153. The lowest BCUT2D eigenvalue weighted by Crippen LogP contribution is -2.54. The van der Waals surface area contributed by atoms with Crippen LogP contribution in [0.5, 0.6) is 0 Å². The Kier molecular flexibility index (Phi) is 10.5. The van der Waals surface area contributed by atoms with Gasteiger partial charge < -0.3 is 19.1 Å². The summed E-state index contributed by atoms with van der Waals surface area (Å²) in [5, 5.41) is 0. The number of ether oxygens (including phenoxy) is 3. The molecular formula is C30H42N2O5. The molecule has 2 unspecified atom stereocenters. The van der Waals surface area contributed by atoms with Gasteiger partial charge in [-0.15, -0.1) is 0 Å². The second-order valence-corrected chi connectivity index (χ2v) is 10.8. The van der Waals surface area contributed by atoms with Crippen LogP contribution in [0.15, 0.2) is 60.7 Å². The summed E-state index contributed by atoms with van der Waals surface area (Å²) in [5.41, 5.74) is 1.28. The zero-order valence-corrected chi connectivity index (χ0v) is 22.9. The van der Waals surface area contributed by atoms with Gasteiger partial charge in [-0.2, -0.15) is 0 Å². The van der Waals surface area contributed by atoms with Crippen LogP contribution in [0.25, 0.3) is 0 Å². The fourth-order valence-electron chi connectivity index (χ4n) is 4.40. The smallest absolute Gasteiger partial charge is 0.411 e. The van der Waals surface area contributed by atoms with Crippen LogP contribution in [0.4, 0.5) is 4.79 Å². The maximum atomic E-state index is 13.9. The van der Waals surface area contributed by atoms with Gasteiger partial charge in [0, 0.05) is 26.6 Å². The molecule has 0 spiro atoms. The predicted molar refractivity (Wildman–Crippen MR) is 144 cm³/mol. The summed E-state index contributed by atoms with van der Waals surface area (Å²) in [4.78, 5) is 30.7. The van der Waals surface area contributed by atoms with Gasteiger partial charge in [-0.05, 0) is 58.1 Å². The van der Waals surface area contributed by atoms with E-state index in [9.17, 15) is 9.59 Å². The number of amides is 2. The quantitative estimate of drug-likeness (QED) is 0.427. The monoisotopic (exact) mass is 510 g/mol. The predicted octanol–water partition coefficient (Wildman–Crippen LogP) is 5.43. The number of carbonyl (C=O) groups is 2. The number of hydrogen-bond donors (Lipinski definition) is 0. The first-order chi connectivity index (χ1) is 17.6. The van der Waals surface area contributed by atoms with Gasteiger partial charge in [-0.1, -0.05) is 60.7 Å². The van der Waals surface area contributed by atoms with E-state index in [2.05, 4.69) is 0 Å². The third-order valence-electron chi connectivity index (χ3n) is 6.18. The highest BCUT2D eigenvalue weighted by Crippen LogP contribution is 2.21. The minimum atomic E-state index is -0.760. The Morgan fingerprint density at radius 2 is 1.62 bits per heavy atom. The van der Waals surface area contributed by atoms with Crippen LogP contribution < -0.4 is 0 Å². The zero-order valence-electron chi connectivity index (χ0n) is 22.9. The molecule has 37 heavy (non-hydrogen) atoms. The van der Waals surface area contributed by atoms with Gasteiger partial charge in [0.1, 0.15) is 11.6 Å². The molecule has 0 bridgehead atoms. The number of hydrogen-bond acceptors (Lipinski definition) is 5. The van der Waals surface area contributed by atoms with Gasteiger partial charge >= 0.3 is 6.09 Å². The normalized spacial score (nSPS) is 17.5. The van der Waals surface area contributed by atoms with Crippen LogP contribution in [-0.2, 0) is 32.0 Å². The standard InChI is InChI=1S/C30H42N2O5/c1-23(36-27-18-12-13-19-35-27)21-32(29(34)37-30(2,3)4)26(20-24-14-8-6-9-15-24)28(33)31(5)22-25-16-10-7-11-17-25/h6-11,14-17,23,26-27H,12-13,18-22H2,1-5H3/t23?,26?,27-/m0/s1. The van der Waals surface area contributed by atoms with E-state index in [0.29, 0.717) is 19.6 Å². The van der Waals surface area contributed by atoms with Gasteiger partial charge in [-0.25, -0.2) is 4.79 Å². The molecule has 2 aromatic rings. The van der Waals surface area contributed by atoms with Crippen LogP contribution in [0, 0.1) is 0 Å². The molecule has 7 heteroatoms. The molecule has 3 atom stereocenters. The first-order valence-corrected chi connectivity index (χ1v) is 13.2. The second-order valence-electron chi connectivity index (χ2n) is 10.8. The molecule has 1 aliphatic rings. The molecule has 0 aliphatic carbocycles. The molecule has 1 aliphatic heterocycles. The highest BCUT2D eigenvalue weighted by molar-refractivity contribution is 5.86. The van der Waals surface area contributed by atoms with Crippen molar-refractivity contribution < 1.29 is 23.8 Å². The molecule has 0 N–H and O–H groups in total. The van der Waals surface area contributed by atoms with Crippen molar-refractivity contribution in [3.63, 3.8) is 0 Å². The maximum absolute atomic E-state index is 13.9. The van der Waals surface area contributed by atoms with Crippen LogP contribution in [0.1, 0.15) is 58.1 Å². The second kappa shape index (κ2) is 13.6. The first kappa shape index (κ1) is 28.7. The molecule has 0 radical (unpaired) electrons. The van der Waals surface area contributed by atoms with Gasteiger partial charge in [-0.3, -0.25) is 9.69 Å². The van der Waals surface area contributed by atoms with E-state index >= 15 is 0 Å². The van der Waals surface area contributed by atoms with E-state index in [1.54, 1.807) is 11.9 Å². The molecule has 2 aromatic carbocycles. The van der Waals surface area contributed by atoms with E-state index in [1.165, 1.54) is 4.90 Å². The number of carbonyl (C=O) groups excluding carboxylic acids is 2. The van der Waals surface area contributed by atoms with Crippen LogP contribution in [-0.4, -0.2) is 66.0 Å². The van der Waals surface area contributed by atoms with E-state index in [-0.39, 0.29) is 24.8 Å². The number of rotatable bonds is 10. The number of nitrogens with zero attached hydrogens (tertiary/aromatic N) is 2. The minimum absolute atomic E-state index is 0.153. The van der Waals surface area contributed by atoms with E-state index in [4.69, 9.17) is 14.2 Å². The molecule has 1 saturated heterocycles. The number of benzene rings is 2. The van der Waals surface area contributed by atoms with E-state index in [0.717, 1.165) is 30.4 Å². The minimum Gasteiger partial charge on any atom is -0.444 e. The highest BCUT2D eigenvalue weighted by Gasteiger charge is 2.36. The topological polar surface area (TPSA) is 68.3 Å². The summed E-state index contributed by atoms with van der Waals surface area (Å²) in [6, 6.07) is 18.8. The lowest BCUT2D eigenvalue weighted by molar-refractivity contribution is -0.188. The van der Waals surface area contributed by atoms with Crippen molar-refractivity contribution in [1.29, 1.82) is 0 Å². The highest BCUT2D eigenvalue weighted by atomic mass is 16.7. The van der Waals surface area contributed by atoms with Crippen molar-refractivity contribution in [2.45, 2.75) is 84.0 Å². The summed E-state index contributed by atoms with van der Waals surface area (Å²) in [6.07, 6.45) is 2.09. The number of likely N-dealkylation sites (N-methyl/N-ethyl adjacent to an activating group) is 1. The molecule has 2 amide bonds. The van der Waals surface area contributed by atoms with Crippen molar-refractivity contribution in [2.75, 3.05) is 20.2 Å². The Morgan fingerprint density at radius 1 is 1.00 bits per heavy atom. The Morgan fingerprint density at radius 3 is 2.19 bits per heavy atom. The summed E-state index contributed by atoms with van der Waals surface area (Å²) in [7, 11) is 1.77. The van der Waals surface area contributed by atoms with Gasteiger partial charge in [0.05, 0.1) is 12.6 Å². The molecule has 202 valence electrons. The molecule has 1 heterocycles. The fraction of sp³-hybridized carbons (Fsp3) is 0.533. The van der Waals surface area contributed by atoms with Crippen LogP contribution in [0.3, 0.4) is 0 Å². The Hall–Kier alpha value is -2.90. The van der Waals surface area contributed by atoms with E-state index < -0.39 is 17.7 Å². The third kappa shape index (κ3) is 9.48. The largest absolute Gasteiger partial charge is 0.444 e. The Balaban J connectivity index is 1.87. The van der Waals surface area contributed by atoms with Gasteiger partial charge in [0.2, 0.25) is 5.91 Å². The van der Waals surface area contributed by atoms with Crippen molar-refractivity contribution in [3.05, 3.63) is 71.8 Å². The first-order valence-electron chi connectivity index (χ1n) is 13.2. The van der Waals surface area contributed by atoms with Crippen molar-refractivity contribution >= 4 is 12.0 Å². The Bertz CT molecular complexity index is 970.